The summed E-state index contributed by atoms with van der Waals surface area (Å²) in [7, 11) is 0. The number of carbonyl (C=O) groups excluding carboxylic acids is 1. The van der Waals surface area contributed by atoms with Crippen LogP contribution in [0.15, 0.2) is 24.3 Å². The third-order valence-electron chi connectivity index (χ3n) is 4.22. The molecule has 1 atom stereocenters. The molecule has 1 aliphatic heterocycles. The highest BCUT2D eigenvalue weighted by Gasteiger charge is 2.31. The number of carbonyl (C=O) groups is 2. The van der Waals surface area contributed by atoms with E-state index >= 15 is 0 Å². The van der Waals surface area contributed by atoms with Crippen LogP contribution < -0.4 is 5.32 Å². The van der Waals surface area contributed by atoms with Gasteiger partial charge in [0.05, 0.1) is 6.54 Å². The molecule has 1 aromatic carbocycles. The Hall–Kier alpha value is -2.32. The van der Waals surface area contributed by atoms with Crippen LogP contribution in [0.3, 0.4) is 0 Å². The highest BCUT2D eigenvalue weighted by atomic mass is 32.1. The summed E-state index contributed by atoms with van der Waals surface area (Å²) >= 11 is 1.21. The van der Waals surface area contributed by atoms with Gasteiger partial charge < -0.3 is 10.4 Å². The molecule has 132 valence electrons. The number of hydrogen-bond acceptors (Lipinski definition) is 6. The van der Waals surface area contributed by atoms with Crippen LogP contribution in [0.25, 0.3) is 0 Å². The van der Waals surface area contributed by atoms with Crippen LogP contribution in [0.2, 0.25) is 0 Å². The molecule has 25 heavy (non-hydrogen) atoms. The Morgan fingerprint density at radius 1 is 1.32 bits per heavy atom. The number of carboxylic acids is 1. The van der Waals surface area contributed by atoms with Crippen LogP contribution in [-0.4, -0.2) is 44.7 Å². The molecule has 3 rings (SSSR count). The van der Waals surface area contributed by atoms with E-state index in [0.29, 0.717) is 29.5 Å². The van der Waals surface area contributed by atoms with Crippen molar-refractivity contribution < 1.29 is 14.7 Å². The average molecular weight is 360 g/mol. The summed E-state index contributed by atoms with van der Waals surface area (Å²) in [6.07, 6.45) is 1.51. The summed E-state index contributed by atoms with van der Waals surface area (Å²) in [5.41, 5.74) is 2.19. The number of aryl methyl sites for hydroxylation is 1. The van der Waals surface area contributed by atoms with Gasteiger partial charge in [0.1, 0.15) is 11.0 Å². The first-order valence-electron chi connectivity index (χ1n) is 8.16. The van der Waals surface area contributed by atoms with E-state index in [2.05, 4.69) is 15.5 Å². The molecule has 0 aliphatic carbocycles. The number of benzene rings is 1. The maximum absolute atomic E-state index is 12.2. The molecular formula is C17H20N4O3S. The molecule has 0 radical (unpaired) electrons. The summed E-state index contributed by atoms with van der Waals surface area (Å²) in [5, 5.41) is 21.0. The number of nitrogens with one attached hydrogen (secondary N) is 1. The maximum atomic E-state index is 12.2. The third-order valence-corrected chi connectivity index (χ3v) is 5.13. The largest absolute Gasteiger partial charge is 0.480 e. The zero-order valence-corrected chi connectivity index (χ0v) is 14.8. The summed E-state index contributed by atoms with van der Waals surface area (Å²) < 4.78 is 0. The monoisotopic (exact) mass is 360 g/mol. The molecule has 1 saturated heterocycles. The predicted molar refractivity (Wildman–Crippen MR) is 93.3 cm³/mol. The molecule has 1 amide bonds. The van der Waals surface area contributed by atoms with Gasteiger partial charge in [0.15, 0.2) is 0 Å². The van der Waals surface area contributed by atoms with E-state index in [4.69, 9.17) is 0 Å². The van der Waals surface area contributed by atoms with Crippen molar-refractivity contribution in [3.63, 3.8) is 0 Å². The normalized spacial score (nSPS) is 17.6. The van der Waals surface area contributed by atoms with E-state index in [1.54, 1.807) is 0 Å². The van der Waals surface area contributed by atoms with Gasteiger partial charge in [-0.15, -0.1) is 10.2 Å². The average Bonchev–Trinajstić information content (AvgIpc) is 3.24. The molecule has 2 N–H and O–H groups in total. The number of hydrogen-bond donors (Lipinski definition) is 2. The number of aliphatic carboxylic acids is 1. The molecule has 2 aromatic rings. The quantitative estimate of drug-likeness (QED) is 0.816. The van der Waals surface area contributed by atoms with Gasteiger partial charge in [-0.3, -0.25) is 14.5 Å². The molecule has 1 aliphatic rings. The second-order valence-corrected chi connectivity index (χ2v) is 7.20. The standard InChI is InChI=1S/C17H20N4O3S/c1-11-4-6-12(7-5-11)9-18-15(22)16-20-19-14(25-16)10-21-8-2-3-13(21)17(23)24/h4-7,13H,2-3,8-10H2,1H3,(H,18,22)(H,23,24)/t13-/m1/s1. The van der Waals surface area contributed by atoms with Crippen LogP contribution >= 0.6 is 11.3 Å². The molecule has 7 nitrogen and oxygen atoms in total. The number of amides is 1. The summed E-state index contributed by atoms with van der Waals surface area (Å²) in [4.78, 5) is 25.3. The van der Waals surface area contributed by atoms with E-state index < -0.39 is 12.0 Å². The smallest absolute Gasteiger partial charge is 0.320 e. The van der Waals surface area contributed by atoms with E-state index in [1.807, 2.05) is 36.1 Å². The fraction of sp³-hybridized carbons (Fsp3) is 0.412. The van der Waals surface area contributed by atoms with Gasteiger partial charge in [-0.25, -0.2) is 0 Å². The molecule has 0 unspecified atom stereocenters. The lowest BCUT2D eigenvalue weighted by Crippen LogP contribution is -2.35. The van der Waals surface area contributed by atoms with Crippen molar-refractivity contribution in [2.24, 2.45) is 0 Å². The number of carboxylic acid groups (broad SMARTS) is 1. The van der Waals surface area contributed by atoms with Crippen LogP contribution in [0, 0.1) is 6.92 Å². The Morgan fingerprint density at radius 2 is 2.08 bits per heavy atom. The number of rotatable bonds is 6. The van der Waals surface area contributed by atoms with Crippen molar-refractivity contribution in [2.45, 2.75) is 38.9 Å². The molecule has 1 fully saturated rings. The zero-order chi connectivity index (χ0) is 17.8. The van der Waals surface area contributed by atoms with Crippen LogP contribution in [-0.2, 0) is 17.9 Å². The lowest BCUT2D eigenvalue weighted by Gasteiger charge is -2.18. The first-order valence-corrected chi connectivity index (χ1v) is 8.97. The topological polar surface area (TPSA) is 95.4 Å². The SMILES string of the molecule is Cc1ccc(CNC(=O)c2nnc(CN3CCC[C@@H]3C(=O)O)s2)cc1. The molecular weight excluding hydrogens is 340 g/mol. The minimum absolute atomic E-state index is 0.263. The van der Waals surface area contributed by atoms with Crippen LogP contribution in [0.1, 0.15) is 38.8 Å². The van der Waals surface area contributed by atoms with E-state index in [0.717, 1.165) is 18.5 Å². The van der Waals surface area contributed by atoms with Crippen LogP contribution in [0.5, 0.6) is 0 Å². The fourth-order valence-electron chi connectivity index (χ4n) is 2.84. The summed E-state index contributed by atoms with van der Waals surface area (Å²) in [5.74, 6) is -1.07. The molecule has 8 heteroatoms. The van der Waals surface area contributed by atoms with Gasteiger partial charge in [-0.05, 0) is 31.9 Å². The molecule has 1 aromatic heterocycles. The first-order chi connectivity index (χ1) is 12.0. The Morgan fingerprint density at radius 3 is 2.80 bits per heavy atom. The highest BCUT2D eigenvalue weighted by molar-refractivity contribution is 7.13. The van der Waals surface area contributed by atoms with E-state index in [9.17, 15) is 14.7 Å². The number of likely N-dealkylation sites (tertiary alicyclic amines) is 1. The Labute approximate surface area is 149 Å². The maximum Gasteiger partial charge on any atom is 0.320 e. The van der Waals surface area contributed by atoms with Crippen molar-refractivity contribution in [2.75, 3.05) is 6.54 Å². The third kappa shape index (κ3) is 4.40. The zero-order valence-electron chi connectivity index (χ0n) is 13.9. The Kier molecular flexibility index (Phi) is 5.40. The van der Waals surface area contributed by atoms with Gasteiger partial charge in [0, 0.05) is 6.54 Å². The fourth-order valence-corrected chi connectivity index (χ4v) is 3.62. The molecule has 0 saturated carbocycles. The Bertz CT molecular complexity index is 760. The number of aromatic nitrogens is 2. The van der Waals surface area contributed by atoms with Crippen LogP contribution in [0.4, 0.5) is 0 Å². The van der Waals surface area contributed by atoms with Crippen molar-refractivity contribution in [1.82, 2.24) is 20.4 Å². The highest BCUT2D eigenvalue weighted by Crippen LogP contribution is 2.21. The van der Waals surface area contributed by atoms with E-state index in [-0.39, 0.29) is 5.91 Å². The predicted octanol–water partition coefficient (Wildman–Crippen LogP) is 1.83. The minimum Gasteiger partial charge on any atom is -0.480 e. The van der Waals surface area contributed by atoms with E-state index in [1.165, 1.54) is 16.9 Å². The minimum atomic E-state index is -0.807. The number of nitrogens with zero attached hydrogens (tertiary/aromatic N) is 3. The molecule has 2 heterocycles. The summed E-state index contributed by atoms with van der Waals surface area (Å²) in [6.45, 7) is 3.59. The second kappa shape index (κ2) is 7.71. The second-order valence-electron chi connectivity index (χ2n) is 6.14. The molecule has 0 bridgehead atoms. The van der Waals surface area contributed by atoms with Crippen molar-refractivity contribution in [3.05, 3.63) is 45.4 Å². The Balaban J connectivity index is 1.56. The first kappa shape index (κ1) is 17.5. The van der Waals surface area contributed by atoms with Gasteiger partial charge in [-0.1, -0.05) is 41.2 Å². The summed E-state index contributed by atoms with van der Waals surface area (Å²) in [6, 6.07) is 7.47. The lowest BCUT2D eigenvalue weighted by molar-refractivity contribution is -0.142. The van der Waals surface area contributed by atoms with Gasteiger partial charge in [0.25, 0.3) is 5.91 Å². The van der Waals surface area contributed by atoms with Crippen molar-refractivity contribution in [3.8, 4) is 0 Å². The molecule has 0 spiro atoms. The van der Waals surface area contributed by atoms with Gasteiger partial charge in [0.2, 0.25) is 5.01 Å². The van der Waals surface area contributed by atoms with Gasteiger partial charge in [-0.2, -0.15) is 0 Å². The van der Waals surface area contributed by atoms with Gasteiger partial charge >= 0.3 is 5.97 Å². The lowest BCUT2D eigenvalue weighted by atomic mass is 10.1. The van der Waals surface area contributed by atoms with Crippen molar-refractivity contribution in [1.29, 1.82) is 0 Å². The van der Waals surface area contributed by atoms with Crippen molar-refractivity contribution >= 4 is 23.2 Å².